The van der Waals surface area contributed by atoms with Crippen molar-refractivity contribution in [3.63, 3.8) is 0 Å². The van der Waals surface area contributed by atoms with E-state index in [2.05, 4.69) is 17.8 Å². The van der Waals surface area contributed by atoms with Crippen LogP contribution >= 0.6 is 0 Å². The number of carbonyl (C=O) groups excluding carboxylic acids is 1. The molecule has 0 aliphatic heterocycles. The van der Waals surface area contributed by atoms with Gasteiger partial charge in [-0.25, -0.2) is 4.79 Å². The molecule has 1 rings (SSSR count). The standard InChI is InChI=1S/C16H15NO3/c1-4-6-8-17(7-5-2)15(18)13-9-12(3)10-14(11-13)16(19)20/h2,9-11H,7-8H2,1,3H3,(H,19,20). The van der Waals surface area contributed by atoms with Crippen LogP contribution < -0.4 is 0 Å². The summed E-state index contributed by atoms with van der Waals surface area (Å²) in [6.45, 7) is 3.76. The second kappa shape index (κ2) is 7.01. The van der Waals surface area contributed by atoms with Crippen LogP contribution in [0.4, 0.5) is 0 Å². The van der Waals surface area contributed by atoms with Gasteiger partial charge in [0.2, 0.25) is 0 Å². The molecular formula is C16H15NO3. The van der Waals surface area contributed by atoms with Gasteiger partial charge in [-0.05, 0) is 37.6 Å². The van der Waals surface area contributed by atoms with Crippen LogP contribution in [0.3, 0.4) is 0 Å². The van der Waals surface area contributed by atoms with Crippen LogP contribution in [0.2, 0.25) is 0 Å². The lowest BCUT2D eigenvalue weighted by atomic mass is 10.1. The van der Waals surface area contributed by atoms with E-state index < -0.39 is 5.97 Å². The molecule has 1 aromatic rings. The molecule has 0 heterocycles. The zero-order valence-corrected chi connectivity index (χ0v) is 11.4. The van der Waals surface area contributed by atoms with Gasteiger partial charge in [0, 0.05) is 5.56 Å². The number of nitrogens with zero attached hydrogens (tertiary/aromatic N) is 1. The van der Waals surface area contributed by atoms with Gasteiger partial charge in [-0.15, -0.1) is 12.3 Å². The van der Waals surface area contributed by atoms with Gasteiger partial charge < -0.3 is 10.0 Å². The Kier molecular flexibility index (Phi) is 5.38. The molecule has 0 bridgehead atoms. The molecule has 20 heavy (non-hydrogen) atoms. The Morgan fingerprint density at radius 3 is 2.45 bits per heavy atom. The first-order valence-electron chi connectivity index (χ1n) is 5.97. The van der Waals surface area contributed by atoms with Crippen molar-refractivity contribution in [3.8, 4) is 24.2 Å². The largest absolute Gasteiger partial charge is 0.478 e. The summed E-state index contributed by atoms with van der Waals surface area (Å²) in [4.78, 5) is 24.8. The number of benzene rings is 1. The predicted octanol–water partition coefficient (Wildman–Crippen LogP) is 1.79. The van der Waals surface area contributed by atoms with E-state index >= 15 is 0 Å². The molecule has 0 aromatic heterocycles. The molecule has 0 saturated carbocycles. The molecule has 0 unspecified atom stereocenters. The molecule has 0 aliphatic carbocycles. The zero-order chi connectivity index (χ0) is 15.1. The number of hydrogen-bond donors (Lipinski definition) is 1. The van der Waals surface area contributed by atoms with E-state index in [-0.39, 0.29) is 24.6 Å². The van der Waals surface area contributed by atoms with Crippen LogP contribution in [-0.4, -0.2) is 35.0 Å². The molecule has 0 aliphatic rings. The lowest BCUT2D eigenvalue weighted by Crippen LogP contribution is -2.32. The number of amides is 1. The van der Waals surface area contributed by atoms with E-state index in [4.69, 9.17) is 11.5 Å². The molecule has 102 valence electrons. The fourth-order valence-electron chi connectivity index (χ4n) is 1.70. The van der Waals surface area contributed by atoms with Gasteiger partial charge in [0.15, 0.2) is 0 Å². The molecule has 0 spiro atoms. The van der Waals surface area contributed by atoms with E-state index in [0.717, 1.165) is 0 Å². The highest BCUT2D eigenvalue weighted by Gasteiger charge is 2.16. The number of aromatic carboxylic acids is 1. The van der Waals surface area contributed by atoms with Crippen LogP contribution in [0.1, 0.15) is 33.2 Å². The monoisotopic (exact) mass is 269 g/mol. The lowest BCUT2D eigenvalue weighted by Gasteiger charge is -2.18. The Hall–Kier alpha value is -2.72. The molecule has 4 nitrogen and oxygen atoms in total. The lowest BCUT2D eigenvalue weighted by molar-refractivity contribution is 0.0696. The number of terminal acetylenes is 1. The molecule has 4 heteroatoms. The van der Waals surface area contributed by atoms with Crippen molar-refractivity contribution in [1.29, 1.82) is 0 Å². The summed E-state index contributed by atoms with van der Waals surface area (Å²) in [5.41, 5.74) is 1.08. The minimum absolute atomic E-state index is 0.0792. The van der Waals surface area contributed by atoms with E-state index in [1.807, 2.05) is 0 Å². The second-order valence-electron chi connectivity index (χ2n) is 4.18. The van der Waals surface area contributed by atoms with Crippen molar-refractivity contribution < 1.29 is 14.7 Å². The van der Waals surface area contributed by atoms with Crippen molar-refractivity contribution in [3.05, 3.63) is 34.9 Å². The number of carboxylic acids is 1. The molecule has 1 N–H and O–H groups in total. The van der Waals surface area contributed by atoms with E-state index in [1.165, 1.54) is 17.0 Å². The first kappa shape index (κ1) is 15.3. The highest BCUT2D eigenvalue weighted by Crippen LogP contribution is 2.12. The SMILES string of the molecule is C#CCN(CC#CC)C(=O)c1cc(C)cc(C(=O)O)c1. The summed E-state index contributed by atoms with van der Waals surface area (Å²) in [5.74, 6) is 6.48. The Labute approximate surface area is 118 Å². The molecule has 0 radical (unpaired) electrons. The van der Waals surface area contributed by atoms with Gasteiger partial charge in [0.25, 0.3) is 5.91 Å². The summed E-state index contributed by atoms with van der Waals surface area (Å²) in [7, 11) is 0. The van der Waals surface area contributed by atoms with Crippen LogP contribution in [0.25, 0.3) is 0 Å². The molecule has 0 atom stereocenters. The van der Waals surface area contributed by atoms with Crippen molar-refractivity contribution in [2.45, 2.75) is 13.8 Å². The average molecular weight is 269 g/mol. The van der Waals surface area contributed by atoms with Gasteiger partial charge >= 0.3 is 5.97 Å². The molecule has 0 fully saturated rings. The third-order valence-corrected chi connectivity index (χ3v) is 2.59. The predicted molar refractivity (Wildman–Crippen MR) is 76.3 cm³/mol. The summed E-state index contributed by atoms with van der Waals surface area (Å²) < 4.78 is 0. The van der Waals surface area contributed by atoms with Gasteiger partial charge in [-0.2, -0.15) is 0 Å². The Balaban J connectivity index is 3.13. The van der Waals surface area contributed by atoms with Gasteiger partial charge in [0.05, 0.1) is 18.7 Å². The van der Waals surface area contributed by atoms with Gasteiger partial charge in [-0.1, -0.05) is 11.8 Å². The summed E-state index contributed by atoms with van der Waals surface area (Å²) >= 11 is 0. The average Bonchev–Trinajstić information content (AvgIpc) is 2.42. The Bertz CT molecular complexity index is 629. The van der Waals surface area contributed by atoms with Crippen molar-refractivity contribution in [1.82, 2.24) is 4.90 Å². The quantitative estimate of drug-likeness (QED) is 0.848. The molecule has 1 amide bonds. The van der Waals surface area contributed by atoms with Gasteiger partial charge in [-0.3, -0.25) is 4.79 Å². The Morgan fingerprint density at radius 1 is 1.25 bits per heavy atom. The highest BCUT2D eigenvalue weighted by molar-refractivity contribution is 5.98. The van der Waals surface area contributed by atoms with Crippen LogP contribution in [0.5, 0.6) is 0 Å². The topological polar surface area (TPSA) is 57.6 Å². The number of carbonyl (C=O) groups is 2. The van der Waals surface area contributed by atoms with Gasteiger partial charge in [0.1, 0.15) is 0 Å². The van der Waals surface area contributed by atoms with Crippen LogP contribution in [0.15, 0.2) is 18.2 Å². The highest BCUT2D eigenvalue weighted by atomic mass is 16.4. The fraction of sp³-hybridized carbons (Fsp3) is 0.250. The molecular weight excluding hydrogens is 254 g/mol. The smallest absolute Gasteiger partial charge is 0.335 e. The number of hydrogen-bond acceptors (Lipinski definition) is 2. The minimum Gasteiger partial charge on any atom is -0.478 e. The first-order valence-corrected chi connectivity index (χ1v) is 5.97. The van der Waals surface area contributed by atoms with Crippen molar-refractivity contribution in [2.24, 2.45) is 0 Å². The van der Waals surface area contributed by atoms with Crippen molar-refractivity contribution >= 4 is 11.9 Å². The first-order chi connectivity index (χ1) is 9.49. The third kappa shape index (κ3) is 3.90. The van der Waals surface area contributed by atoms with E-state index in [1.54, 1.807) is 19.9 Å². The number of rotatable bonds is 4. The number of aryl methyl sites for hydroxylation is 1. The maximum Gasteiger partial charge on any atom is 0.335 e. The summed E-state index contributed by atoms with van der Waals surface area (Å²) in [5, 5.41) is 9.02. The fourth-order valence-corrected chi connectivity index (χ4v) is 1.70. The van der Waals surface area contributed by atoms with E-state index in [9.17, 15) is 9.59 Å². The third-order valence-electron chi connectivity index (χ3n) is 2.59. The van der Waals surface area contributed by atoms with Crippen LogP contribution in [-0.2, 0) is 0 Å². The van der Waals surface area contributed by atoms with Crippen molar-refractivity contribution in [2.75, 3.05) is 13.1 Å². The van der Waals surface area contributed by atoms with E-state index in [0.29, 0.717) is 11.1 Å². The second-order valence-corrected chi connectivity index (χ2v) is 4.18. The zero-order valence-electron chi connectivity index (χ0n) is 11.4. The normalized spacial score (nSPS) is 9.05. The maximum absolute atomic E-state index is 12.3. The minimum atomic E-state index is -1.07. The Morgan fingerprint density at radius 2 is 1.90 bits per heavy atom. The summed E-state index contributed by atoms with van der Waals surface area (Å²) in [6.07, 6.45) is 5.24. The molecule has 0 saturated heterocycles. The maximum atomic E-state index is 12.3. The van der Waals surface area contributed by atoms with Crippen LogP contribution in [0, 0.1) is 31.1 Å². The number of carboxylic acid groups (broad SMARTS) is 1. The molecule has 1 aromatic carbocycles. The summed E-state index contributed by atoms with van der Waals surface area (Å²) in [6, 6.07) is 4.49.